The van der Waals surface area contributed by atoms with Crippen LogP contribution in [0.5, 0.6) is 0 Å². The Morgan fingerprint density at radius 1 is 1.00 bits per heavy atom. The maximum absolute atomic E-state index is 12.3. The molecular weight excluding hydrogens is 324 g/mol. The molecule has 1 aliphatic rings. The van der Waals surface area contributed by atoms with Crippen molar-refractivity contribution in [2.45, 2.75) is 0 Å². The third kappa shape index (κ3) is 2.47. The zero-order valence-corrected chi connectivity index (χ0v) is 12.7. The van der Waals surface area contributed by atoms with Crippen LogP contribution in [0.15, 0.2) is 65.4 Å². The van der Waals surface area contributed by atoms with Gasteiger partial charge in [-0.1, -0.05) is 17.2 Å². The topological polar surface area (TPSA) is 89.7 Å². The third-order valence-electron chi connectivity index (χ3n) is 3.70. The van der Waals surface area contributed by atoms with Crippen LogP contribution in [0.2, 0.25) is 0 Å². The molecule has 0 radical (unpaired) electrons. The number of aromatic nitrogens is 1. The molecule has 122 valence electrons. The number of rotatable bonds is 3. The smallest absolute Gasteiger partial charge is 0.364 e. The van der Waals surface area contributed by atoms with Crippen molar-refractivity contribution in [1.82, 2.24) is 10.0 Å². The van der Waals surface area contributed by atoms with Crippen LogP contribution < -0.4 is 0 Å². The van der Waals surface area contributed by atoms with Gasteiger partial charge in [-0.25, -0.2) is 4.79 Å². The van der Waals surface area contributed by atoms with E-state index in [4.69, 9.17) is 9.25 Å². The van der Waals surface area contributed by atoms with Gasteiger partial charge in [0, 0.05) is 6.20 Å². The first-order chi connectivity index (χ1) is 12.1. The quantitative estimate of drug-likeness (QED) is 0.684. The summed E-state index contributed by atoms with van der Waals surface area (Å²) in [6, 6.07) is 12.5. The van der Waals surface area contributed by atoms with Crippen LogP contribution in [0, 0.1) is 0 Å². The summed E-state index contributed by atoms with van der Waals surface area (Å²) in [5, 5.41) is 0.472. The maximum Gasteiger partial charge on any atom is 0.364 e. The number of hydrogen-bond acceptors (Lipinski definition) is 6. The predicted molar refractivity (Wildman–Crippen MR) is 84.3 cm³/mol. The number of nitrogens with zero attached hydrogens (tertiary/aromatic N) is 2. The SMILES string of the molecule is O=C(ON1C(=O)c2ccccc2C1=O)c1ccnc(-c2ccco2)c1. The molecule has 3 aromatic rings. The van der Waals surface area contributed by atoms with Crippen molar-refractivity contribution in [3.63, 3.8) is 0 Å². The van der Waals surface area contributed by atoms with E-state index in [1.807, 2.05) is 0 Å². The number of hydroxylamine groups is 2. The Morgan fingerprint density at radius 2 is 1.72 bits per heavy atom. The lowest BCUT2D eigenvalue weighted by atomic mass is 10.1. The van der Waals surface area contributed by atoms with E-state index in [1.54, 1.807) is 24.3 Å². The van der Waals surface area contributed by atoms with E-state index in [1.165, 1.54) is 36.7 Å². The van der Waals surface area contributed by atoms with Gasteiger partial charge in [0.15, 0.2) is 5.76 Å². The number of fused-ring (bicyclic) bond motifs is 1. The van der Waals surface area contributed by atoms with E-state index < -0.39 is 17.8 Å². The Bertz CT molecular complexity index is 959. The van der Waals surface area contributed by atoms with Crippen LogP contribution in [0.4, 0.5) is 0 Å². The first kappa shape index (κ1) is 14.8. The standard InChI is InChI=1S/C18H10N2O5/c21-16-12-4-1-2-5-13(12)17(22)20(16)25-18(23)11-7-8-19-14(10-11)15-6-3-9-24-15/h1-10H. The number of benzene rings is 1. The molecular formula is C18H10N2O5. The lowest BCUT2D eigenvalue weighted by molar-refractivity contribution is -0.0584. The number of carbonyl (C=O) groups excluding carboxylic acids is 3. The number of pyridine rings is 1. The predicted octanol–water partition coefficient (Wildman–Crippen LogP) is 2.71. The molecule has 7 heteroatoms. The van der Waals surface area contributed by atoms with Gasteiger partial charge in [0.2, 0.25) is 0 Å². The Balaban J connectivity index is 1.58. The summed E-state index contributed by atoms with van der Waals surface area (Å²) >= 11 is 0. The summed E-state index contributed by atoms with van der Waals surface area (Å²) in [7, 11) is 0. The normalized spacial score (nSPS) is 13.0. The maximum atomic E-state index is 12.3. The van der Waals surface area contributed by atoms with Crippen molar-refractivity contribution in [3.05, 3.63) is 77.7 Å². The van der Waals surface area contributed by atoms with Gasteiger partial charge in [0.25, 0.3) is 11.8 Å². The van der Waals surface area contributed by atoms with Crippen LogP contribution in [0.25, 0.3) is 11.5 Å². The number of hydrogen-bond donors (Lipinski definition) is 0. The van der Waals surface area contributed by atoms with E-state index >= 15 is 0 Å². The summed E-state index contributed by atoms with van der Waals surface area (Å²) in [5.41, 5.74) is 0.970. The number of amides is 2. The summed E-state index contributed by atoms with van der Waals surface area (Å²) in [4.78, 5) is 45.9. The van der Waals surface area contributed by atoms with E-state index in [-0.39, 0.29) is 16.7 Å². The largest absolute Gasteiger partial charge is 0.463 e. The van der Waals surface area contributed by atoms with Crippen LogP contribution >= 0.6 is 0 Å². The van der Waals surface area contributed by atoms with Gasteiger partial charge in [0.1, 0.15) is 5.69 Å². The van der Waals surface area contributed by atoms with Gasteiger partial charge in [-0.3, -0.25) is 14.6 Å². The minimum Gasteiger partial charge on any atom is -0.463 e. The molecule has 0 N–H and O–H groups in total. The highest BCUT2D eigenvalue weighted by Gasteiger charge is 2.38. The van der Waals surface area contributed by atoms with Crippen molar-refractivity contribution < 1.29 is 23.6 Å². The van der Waals surface area contributed by atoms with E-state index in [0.29, 0.717) is 16.5 Å². The Hall–Kier alpha value is -3.74. The van der Waals surface area contributed by atoms with Crippen molar-refractivity contribution >= 4 is 17.8 Å². The summed E-state index contributed by atoms with van der Waals surface area (Å²) in [6.07, 6.45) is 2.90. The molecule has 0 unspecified atom stereocenters. The van der Waals surface area contributed by atoms with Gasteiger partial charge in [-0.05, 0) is 36.4 Å². The highest BCUT2D eigenvalue weighted by atomic mass is 16.7. The van der Waals surface area contributed by atoms with Crippen molar-refractivity contribution in [2.24, 2.45) is 0 Å². The minimum atomic E-state index is -0.843. The van der Waals surface area contributed by atoms with Crippen molar-refractivity contribution in [1.29, 1.82) is 0 Å². The van der Waals surface area contributed by atoms with Gasteiger partial charge < -0.3 is 9.25 Å². The van der Waals surface area contributed by atoms with E-state index in [0.717, 1.165) is 0 Å². The summed E-state index contributed by atoms with van der Waals surface area (Å²) < 4.78 is 5.23. The molecule has 0 saturated carbocycles. The molecule has 4 rings (SSSR count). The van der Waals surface area contributed by atoms with E-state index in [9.17, 15) is 14.4 Å². The second kappa shape index (κ2) is 5.72. The molecule has 0 aliphatic carbocycles. The van der Waals surface area contributed by atoms with Gasteiger partial charge in [0.05, 0.1) is 23.0 Å². The highest BCUT2D eigenvalue weighted by Crippen LogP contribution is 2.24. The lowest BCUT2D eigenvalue weighted by Crippen LogP contribution is -2.32. The Morgan fingerprint density at radius 3 is 2.36 bits per heavy atom. The van der Waals surface area contributed by atoms with Crippen LogP contribution in [0.1, 0.15) is 31.1 Å². The fourth-order valence-electron chi connectivity index (χ4n) is 2.50. The second-order valence-corrected chi connectivity index (χ2v) is 5.24. The molecule has 3 heterocycles. The second-order valence-electron chi connectivity index (χ2n) is 5.24. The molecule has 0 saturated heterocycles. The molecule has 25 heavy (non-hydrogen) atoms. The number of furan rings is 1. The highest BCUT2D eigenvalue weighted by molar-refractivity contribution is 6.21. The Labute approximate surface area is 141 Å². The minimum absolute atomic E-state index is 0.137. The lowest BCUT2D eigenvalue weighted by Gasteiger charge is -2.12. The Kier molecular flexibility index (Phi) is 3.39. The monoisotopic (exact) mass is 334 g/mol. The van der Waals surface area contributed by atoms with Gasteiger partial charge in [-0.2, -0.15) is 0 Å². The molecule has 2 amide bonds. The summed E-state index contributed by atoms with van der Waals surface area (Å²) in [6.45, 7) is 0. The first-order valence-corrected chi connectivity index (χ1v) is 7.35. The molecule has 0 spiro atoms. The molecule has 0 atom stereocenters. The van der Waals surface area contributed by atoms with Gasteiger partial charge in [-0.15, -0.1) is 0 Å². The number of imide groups is 1. The average molecular weight is 334 g/mol. The fourth-order valence-corrected chi connectivity index (χ4v) is 2.50. The van der Waals surface area contributed by atoms with Crippen molar-refractivity contribution in [2.75, 3.05) is 0 Å². The van der Waals surface area contributed by atoms with E-state index in [2.05, 4.69) is 4.98 Å². The summed E-state index contributed by atoms with van der Waals surface area (Å²) in [5.74, 6) is -1.70. The molecule has 1 aliphatic heterocycles. The van der Waals surface area contributed by atoms with Crippen LogP contribution in [0.3, 0.4) is 0 Å². The first-order valence-electron chi connectivity index (χ1n) is 7.35. The van der Waals surface area contributed by atoms with Crippen molar-refractivity contribution in [3.8, 4) is 11.5 Å². The molecule has 7 nitrogen and oxygen atoms in total. The fraction of sp³-hybridized carbons (Fsp3) is 0. The van der Waals surface area contributed by atoms with Gasteiger partial charge >= 0.3 is 5.97 Å². The molecule has 0 fully saturated rings. The third-order valence-corrected chi connectivity index (χ3v) is 3.70. The van der Waals surface area contributed by atoms with Crippen LogP contribution in [-0.4, -0.2) is 27.8 Å². The number of carbonyl (C=O) groups is 3. The van der Waals surface area contributed by atoms with Crippen LogP contribution in [-0.2, 0) is 4.84 Å². The zero-order chi connectivity index (χ0) is 17.4. The zero-order valence-electron chi connectivity index (χ0n) is 12.7. The molecule has 0 bridgehead atoms. The molecule has 1 aromatic carbocycles. The molecule has 2 aromatic heterocycles. The average Bonchev–Trinajstić information content (AvgIpc) is 3.26.